The molecule has 0 unspecified atom stereocenters. The zero-order chi connectivity index (χ0) is 36.3. The first-order valence-electron chi connectivity index (χ1n) is 20.2. The Morgan fingerprint density at radius 2 is 1.09 bits per heavy atom. The highest BCUT2D eigenvalue weighted by Gasteiger charge is 2.52. The molecule has 2 spiro atoms. The lowest BCUT2D eigenvalue weighted by Crippen LogP contribution is -2.38. The van der Waals surface area contributed by atoms with E-state index >= 15 is 0 Å². The summed E-state index contributed by atoms with van der Waals surface area (Å²) in [6, 6.07) is 9.08. The van der Waals surface area contributed by atoms with Crippen molar-refractivity contribution in [2.45, 2.75) is 102 Å². The van der Waals surface area contributed by atoms with Gasteiger partial charge in [0.2, 0.25) is 11.8 Å². The highest BCUT2D eigenvalue weighted by molar-refractivity contribution is 6.12. The van der Waals surface area contributed by atoms with E-state index in [2.05, 4.69) is 80.6 Å². The normalized spacial score (nSPS) is 19.9. The number of hydrogen-bond acceptors (Lipinski definition) is 4. The summed E-state index contributed by atoms with van der Waals surface area (Å²) in [5.41, 5.74) is 16.3. The van der Waals surface area contributed by atoms with E-state index in [4.69, 9.17) is 0 Å². The van der Waals surface area contributed by atoms with Gasteiger partial charge in [0, 0.05) is 46.3 Å². The fourth-order valence-electron chi connectivity index (χ4n) is 11.2. The van der Waals surface area contributed by atoms with Crippen LogP contribution in [0.4, 0.5) is 11.4 Å². The molecule has 10 heteroatoms. The number of hydrogen-bond donors (Lipinski definition) is 4. The second kappa shape index (κ2) is 11.6. The van der Waals surface area contributed by atoms with Crippen LogP contribution in [0, 0.1) is 0 Å². The molecule has 4 N–H and O–H groups in total. The fraction of sp³-hybridized carbons (Fsp3) is 0.409. The third kappa shape index (κ3) is 4.17. The zero-order valence-corrected chi connectivity index (χ0v) is 31.1. The Morgan fingerprint density at radius 3 is 1.59 bits per heavy atom. The molecule has 1 saturated carbocycles. The number of rotatable bonds is 2. The molecule has 2 aliphatic heterocycles. The van der Waals surface area contributed by atoms with Gasteiger partial charge < -0.3 is 19.8 Å². The maximum Gasteiger partial charge on any atom is 0.238 e. The summed E-state index contributed by atoms with van der Waals surface area (Å²) in [6.45, 7) is 5.63. The number of nitrogens with one attached hydrogen (secondary N) is 4. The van der Waals surface area contributed by atoms with Gasteiger partial charge in [0.15, 0.2) is 0 Å². The van der Waals surface area contributed by atoms with E-state index in [0.29, 0.717) is 5.91 Å². The van der Waals surface area contributed by atoms with Crippen molar-refractivity contribution >= 4 is 45.0 Å². The molecule has 54 heavy (non-hydrogen) atoms. The first-order valence-corrected chi connectivity index (χ1v) is 20.2. The monoisotopic (exact) mass is 718 g/mol. The van der Waals surface area contributed by atoms with Gasteiger partial charge in [-0.05, 0) is 136 Å². The van der Waals surface area contributed by atoms with Crippen molar-refractivity contribution < 1.29 is 9.59 Å². The van der Waals surface area contributed by atoms with Crippen LogP contribution >= 0.6 is 0 Å². The molecule has 12 rings (SSSR count). The summed E-state index contributed by atoms with van der Waals surface area (Å²) >= 11 is 0. The van der Waals surface area contributed by atoms with E-state index < -0.39 is 0 Å². The quantitative estimate of drug-likeness (QED) is 0.135. The van der Waals surface area contributed by atoms with Crippen molar-refractivity contribution in [3.8, 4) is 22.8 Å². The van der Waals surface area contributed by atoms with Gasteiger partial charge in [-0.2, -0.15) is 10.2 Å². The number of allylic oxidation sites excluding steroid dienone is 2. The molecule has 0 saturated heterocycles. The number of carbonyl (C=O) groups excluding carboxylic acids is 2. The molecule has 4 aromatic heterocycles. The Labute approximate surface area is 313 Å². The van der Waals surface area contributed by atoms with Crippen molar-refractivity contribution in [3.63, 3.8) is 0 Å². The van der Waals surface area contributed by atoms with E-state index in [1.807, 2.05) is 22.2 Å². The minimum atomic E-state index is -0.388. The summed E-state index contributed by atoms with van der Waals surface area (Å²) < 4.78 is 0. The number of likely N-dealkylation sites (N-methyl/N-ethyl adjacent to an activating group) is 2. The van der Waals surface area contributed by atoms with Crippen molar-refractivity contribution in [2.24, 2.45) is 0 Å². The van der Waals surface area contributed by atoms with Crippen molar-refractivity contribution in [1.29, 1.82) is 0 Å². The van der Waals surface area contributed by atoms with Crippen LogP contribution in [0.1, 0.15) is 98.6 Å². The summed E-state index contributed by atoms with van der Waals surface area (Å²) in [5.74, 6) is 0.590. The summed E-state index contributed by atoms with van der Waals surface area (Å²) in [6.07, 6.45) is 20.6. The number of nitrogens with zero attached hydrogens (tertiary/aromatic N) is 4. The average molecular weight is 719 g/mol. The molecule has 2 aromatic carbocycles. The molecule has 6 aliphatic rings. The van der Waals surface area contributed by atoms with Crippen LogP contribution in [0.15, 0.2) is 48.8 Å². The van der Waals surface area contributed by atoms with Crippen molar-refractivity contribution in [2.75, 3.05) is 22.9 Å². The molecular formula is C44H46N8O2. The highest BCUT2D eigenvalue weighted by atomic mass is 16.2. The predicted molar refractivity (Wildman–Crippen MR) is 212 cm³/mol. The molecule has 6 heterocycles. The third-order valence-corrected chi connectivity index (χ3v) is 13.8. The molecule has 6 aromatic rings. The number of aryl methyl sites for hydroxylation is 4. The number of amides is 2. The van der Waals surface area contributed by atoms with E-state index in [9.17, 15) is 9.59 Å². The van der Waals surface area contributed by atoms with Gasteiger partial charge in [-0.1, -0.05) is 25.0 Å². The van der Waals surface area contributed by atoms with E-state index in [1.54, 1.807) is 0 Å². The Kier molecular flexibility index (Phi) is 6.87. The number of fused-ring (bicyclic) bond motifs is 14. The van der Waals surface area contributed by atoms with Crippen LogP contribution in [-0.4, -0.2) is 55.3 Å². The number of aromatic nitrogens is 6. The van der Waals surface area contributed by atoms with Crippen LogP contribution in [0.25, 0.3) is 44.6 Å². The summed E-state index contributed by atoms with van der Waals surface area (Å²) in [5, 5.41) is 17.5. The predicted octanol–water partition coefficient (Wildman–Crippen LogP) is 8.23. The van der Waals surface area contributed by atoms with E-state index in [1.165, 1.54) is 61.1 Å². The SMILES string of the molecule is CCN1C(=O)C2(CC=CC2)c2cc3[nH]c4c(c3cc21)CCCc1cn[nH]c1-4.CCN1C(=O)C2(CCCC2)c2cc3[nH]c4c(c3cc21)CCCc1cn[nH]c1-4. The maximum absolute atomic E-state index is 13.3. The number of aromatic amines is 4. The van der Waals surface area contributed by atoms with Crippen LogP contribution in [0.2, 0.25) is 0 Å². The molecule has 0 atom stereocenters. The first-order chi connectivity index (χ1) is 26.5. The second-order valence-corrected chi connectivity index (χ2v) is 16.4. The lowest BCUT2D eigenvalue weighted by molar-refractivity contribution is -0.123. The molecule has 2 amide bonds. The Bertz CT molecular complexity index is 2410. The zero-order valence-electron chi connectivity index (χ0n) is 31.1. The van der Waals surface area contributed by atoms with Gasteiger partial charge in [0.05, 0.1) is 46.0 Å². The second-order valence-electron chi connectivity index (χ2n) is 16.4. The topological polar surface area (TPSA) is 130 Å². The van der Waals surface area contributed by atoms with Crippen LogP contribution in [0.3, 0.4) is 0 Å². The molecule has 4 aliphatic carbocycles. The van der Waals surface area contributed by atoms with E-state index in [0.717, 1.165) is 118 Å². The molecular weight excluding hydrogens is 673 g/mol. The van der Waals surface area contributed by atoms with Gasteiger partial charge in [-0.15, -0.1) is 0 Å². The lowest BCUT2D eigenvalue weighted by Gasteiger charge is -2.22. The largest absolute Gasteiger partial charge is 0.353 e. The number of H-pyrrole nitrogens is 4. The molecule has 0 bridgehead atoms. The molecule has 0 radical (unpaired) electrons. The van der Waals surface area contributed by atoms with E-state index in [-0.39, 0.29) is 16.7 Å². The van der Waals surface area contributed by atoms with Crippen LogP contribution in [-0.2, 0) is 46.1 Å². The van der Waals surface area contributed by atoms with Gasteiger partial charge in [-0.3, -0.25) is 19.8 Å². The van der Waals surface area contributed by atoms with Crippen molar-refractivity contribution in [3.05, 3.63) is 82.2 Å². The minimum Gasteiger partial charge on any atom is -0.353 e. The summed E-state index contributed by atoms with van der Waals surface area (Å²) in [7, 11) is 0. The average Bonchev–Trinajstić information content (AvgIpc) is 4.06. The third-order valence-electron chi connectivity index (χ3n) is 13.8. The van der Waals surface area contributed by atoms with Crippen molar-refractivity contribution in [1.82, 2.24) is 30.4 Å². The van der Waals surface area contributed by atoms with Crippen LogP contribution in [0.5, 0.6) is 0 Å². The summed E-state index contributed by atoms with van der Waals surface area (Å²) in [4.78, 5) is 37.9. The maximum atomic E-state index is 13.3. The fourth-order valence-corrected chi connectivity index (χ4v) is 11.2. The molecule has 1 fully saturated rings. The first kappa shape index (κ1) is 32.1. The van der Waals surface area contributed by atoms with Gasteiger partial charge in [0.1, 0.15) is 0 Å². The Morgan fingerprint density at radius 1 is 0.611 bits per heavy atom. The lowest BCUT2D eigenvalue weighted by atomic mass is 9.79. The van der Waals surface area contributed by atoms with Gasteiger partial charge in [-0.25, -0.2) is 0 Å². The molecule has 10 nitrogen and oxygen atoms in total. The Balaban J connectivity index is 0.000000126. The number of benzene rings is 2. The van der Waals surface area contributed by atoms with Gasteiger partial charge in [0.25, 0.3) is 0 Å². The Hall–Kier alpha value is -5.38. The van der Waals surface area contributed by atoms with Gasteiger partial charge >= 0.3 is 0 Å². The highest BCUT2D eigenvalue weighted by Crippen LogP contribution is 2.54. The number of carbonyl (C=O) groups is 2. The standard InChI is InChI=1S/C22H24N4O.C22H22N4O/c2*1-2-26-18-10-15-14-7-5-6-13-12-23-25-19(13)20(14)24-17(15)11-16(18)22(21(26)27)8-3-4-9-22/h10-12,24H,2-9H2,1H3,(H,23,25);3-4,10-12,24H,2,5-9H2,1H3,(H,23,25). The molecule has 274 valence electrons. The smallest absolute Gasteiger partial charge is 0.238 e. The number of anilines is 2. The van der Waals surface area contributed by atoms with Crippen LogP contribution < -0.4 is 9.80 Å². The minimum absolute atomic E-state index is 0.264.